The minimum Gasteiger partial charge on any atom is -0.497 e. The molecule has 1 fully saturated rings. The van der Waals surface area contributed by atoms with E-state index < -0.39 is 0 Å². The number of hydrogen-bond acceptors (Lipinski definition) is 3. The van der Waals surface area contributed by atoms with Gasteiger partial charge in [0.1, 0.15) is 11.5 Å². The average molecular weight is 354 g/mol. The van der Waals surface area contributed by atoms with Crippen LogP contribution in [0.15, 0.2) is 48.5 Å². The molecule has 26 heavy (non-hydrogen) atoms. The molecular formula is C23H31NO2. The highest BCUT2D eigenvalue weighted by Gasteiger charge is 2.18. The molecule has 0 N–H and O–H groups in total. The highest BCUT2D eigenvalue weighted by Crippen LogP contribution is 2.24. The van der Waals surface area contributed by atoms with Gasteiger partial charge >= 0.3 is 0 Å². The van der Waals surface area contributed by atoms with E-state index in [0.717, 1.165) is 36.8 Å². The van der Waals surface area contributed by atoms with Crippen molar-refractivity contribution in [1.29, 1.82) is 0 Å². The maximum absolute atomic E-state index is 5.32. The van der Waals surface area contributed by atoms with Gasteiger partial charge in [0.15, 0.2) is 0 Å². The van der Waals surface area contributed by atoms with Crippen molar-refractivity contribution >= 4 is 0 Å². The van der Waals surface area contributed by atoms with Gasteiger partial charge in [-0.1, -0.05) is 24.3 Å². The number of rotatable bonds is 8. The zero-order valence-corrected chi connectivity index (χ0v) is 16.1. The summed E-state index contributed by atoms with van der Waals surface area (Å²) in [7, 11) is 3.45. The van der Waals surface area contributed by atoms with Crippen molar-refractivity contribution in [2.45, 2.75) is 32.1 Å². The van der Waals surface area contributed by atoms with E-state index in [1.165, 1.54) is 43.5 Å². The zero-order chi connectivity index (χ0) is 18.2. The van der Waals surface area contributed by atoms with Gasteiger partial charge in [0.2, 0.25) is 0 Å². The van der Waals surface area contributed by atoms with Gasteiger partial charge in [-0.25, -0.2) is 0 Å². The second-order valence-electron chi connectivity index (χ2n) is 7.27. The molecule has 0 bridgehead atoms. The van der Waals surface area contributed by atoms with E-state index in [-0.39, 0.29) is 0 Å². The van der Waals surface area contributed by atoms with Crippen LogP contribution in [0.4, 0.5) is 0 Å². The van der Waals surface area contributed by atoms with Crippen LogP contribution in [-0.4, -0.2) is 38.8 Å². The smallest absolute Gasteiger partial charge is 0.119 e. The van der Waals surface area contributed by atoms with E-state index in [4.69, 9.17) is 9.47 Å². The first-order chi connectivity index (χ1) is 12.8. The number of methoxy groups -OCH3 is 2. The number of aryl methyl sites for hydroxylation is 1. The molecule has 0 radical (unpaired) electrons. The lowest BCUT2D eigenvalue weighted by Crippen LogP contribution is -2.35. The molecule has 0 spiro atoms. The highest BCUT2D eigenvalue weighted by atomic mass is 16.5. The summed E-state index contributed by atoms with van der Waals surface area (Å²) >= 11 is 0. The second-order valence-corrected chi connectivity index (χ2v) is 7.27. The third kappa shape index (κ3) is 5.50. The number of piperidine rings is 1. The van der Waals surface area contributed by atoms with Crippen molar-refractivity contribution in [3.05, 3.63) is 59.7 Å². The molecule has 3 heteroatoms. The van der Waals surface area contributed by atoms with Gasteiger partial charge in [-0.2, -0.15) is 0 Å². The van der Waals surface area contributed by atoms with E-state index in [1.807, 2.05) is 6.07 Å². The average Bonchev–Trinajstić information content (AvgIpc) is 2.72. The van der Waals surface area contributed by atoms with Crippen molar-refractivity contribution < 1.29 is 9.47 Å². The van der Waals surface area contributed by atoms with Crippen LogP contribution in [-0.2, 0) is 12.8 Å². The molecule has 3 rings (SSSR count). The Hall–Kier alpha value is -2.00. The lowest BCUT2D eigenvalue weighted by atomic mass is 9.90. The summed E-state index contributed by atoms with van der Waals surface area (Å²) in [5.41, 5.74) is 2.79. The van der Waals surface area contributed by atoms with E-state index >= 15 is 0 Å². The summed E-state index contributed by atoms with van der Waals surface area (Å²) < 4.78 is 10.5. The SMILES string of the molecule is COc1ccc(CCN2CCC(CCc3cccc(OC)c3)CC2)cc1. The lowest BCUT2D eigenvalue weighted by Gasteiger charge is -2.32. The largest absolute Gasteiger partial charge is 0.497 e. The van der Waals surface area contributed by atoms with E-state index in [9.17, 15) is 0 Å². The molecule has 0 atom stereocenters. The summed E-state index contributed by atoms with van der Waals surface area (Å²) in [5, 5.41) is 0. The van der Waals surface area contributed by atoms with Crippen LogP contribution in [0.1, 0.15) is 30.4 Å². The maximum atomic E-state index is 5.32. The van der Waals surface area contributed by atoms with Crippen molar-refractivity contribution in [2.24, 2.45) is 5.92 Å². The first-order valence-corrected chi connectivity index (χ1v) is 9.75. The van der Waals surface area contributed by atoms with Crippen LogP contribution in [0.2, 0.25) is 0 Å². The van der Waals surface area contributed by atoms with Gasteiger partial charge in [-0.3, -0.25) is 0 Å². The Morgan fingerprint density at radius 2 is 1.58 bits per heavy atom. The molecule has 3 nitrogen and oxygen atoms in total. The minimum absolute atomic E-state index is 0.860. The molecule has 0 saturated carbocycles. The van der Waals surface area contributed by atoms with Gasteiger partial charge in [0.25, 0.3) is 0 Å². The van der Waals surface area contributed by atoms with Crippen LogP contribution in [0.3, 0.4) is 0 Å². The highest BCUT2D eigenvalue weighted by molar-refractivity contribution is 5.28. The van der Waals surface area contributed by atoms with Gasteiger partial charge in [0.05, 0.1) is 14.2 Å². The Kier molecular flexibility index (Phi) is 6.96. The molecule has 1 saturated heterocycles. The summed E-state index contributed by atoms with van der Waals surface area (Å²) in [5.74, 6) is 2.76. The lowest BCUT2D eigenvalue weighted by molar-refractivity contribution is 0.181. The molecular weight excluding hydrogens is 322 g/mol. The molecule has 0 unspecified atom stereocenters. The van der Waals surface area contributed by atoms with Crippen molar-refractivity contribution in [3.8, 4) is 11.5 Å². The van der Waals surface area contributed by atoms with Crippen molar-refractivity contribution in [2.75, 3.05) is 33.9 Å². The molecule has 1 aliphatic rings. The predicted octanol–water partition coefficient (Wildman–Crippen LogP) is 4.59. The maximum Gasteiger partial charge on any atom is 0.119 e. The first-order valence-electron chi connectivity index (χ1n) is 9.75. The van der Waals surface area contributed by atoms with Crippen LogP contribution < -0.4 is 9.47 Å². The zero-order valence-electron chi connectivity index (χ0n) is 16.1. The molecule has 1 heterocycles. The summed E-state index contributed by atoms with van der Waals surface area (Å²) in [6, 6.07) is 17.0. The standard InChI is InChI=1S/C23H31NO2/c1-25-22-10-8-19(9-11-22)12-15-24-16-13-20(14-17-24)6-7-21-4-3-5-23(18-21)26-2/h3-5,8-11,18,20H,6-7,12-17H2,1-2H3. The summed E-state index contributed by atoms with van der Waals surface area (Å²) in [6.07, 6.45) is 6.23. The Balaban J connectivity index is 1.37. The topological polar surface area (TPSA) is 21.7 Å². The second kappa shape index (κ2) is 9.63. The third-order valence-corrected chi connectivity index (χ3v) is 5.56. The number of ether oxygens (including phenoxy) is 2. The molecule has 2 aromatic carbocycles. The number of nitrogens with zero attached hydrogens (tertiary/aromatic N) is 1. The fourth-order valence-electron chi connectivity index (χ4n) is 3.78. The Labute approximate surface area is 157 Å². The fraction of sp³-hybridized carbons (Fsp3) is 0.478. The van der Waals surface area contributed by atoms with Gasteiger partial charge < -0.3 is 14.4 Å². The van der Waals surface area contributed by atoms with Gasteiger partial charge in [0, 0.05) is 6.54 Å². The van der Waals surface area contributed by atoms with Crippen molar-refractivity contribution in [1.82, 2.24) is 4.90 Å². The quantitative estimate of drug-likeness (QED) is 0.693. The van der Waals surface area contributed by atoms with Crippen LogP contribution in [0.5, 0.6) is 11.5 Å². The molecule has 0 aliphatic carbocycles. The van der Waals surface area contributed by atoms with Gasteiger partial charge in [-0.05, 0) is 86.5 Å². The predicted molar refractivity (Wildman–Crippen MR) is 107 cm³/mol. The number of hydrogen-bond donors (Lipinski definition) is 0. The molecule has 2 aromatic rings. The molecule has 140 valence electrons. The summed E-state index contributed by atoms with van der Waals surface area (Å²) in [4.78, 5) is 2.62. The fourth-order valence-corrected chi connectivity index (χ4v) is 3.78. The van der Waals surface area contributed by atoms with Crippen LogP contribution in [0.25, 0.3) is 0 Å². The van der Waals surface area contributed by atoms with E-state index in [0.29, 0.717) is 0 Å². The monoisotopic (exact) mass is 353 g/mol. The van der Waals surface area contributed by atoms with E-state index in [1.54, 1.807) is 14.2 Å². The third-order valence-electron chi connectivity index (χ3n) is 5.56. The van der Waals surface area contributed by atoms with E-state index in [2.05, 4.69) is 47.4 Å². The number of likely N-dealkylation sites (tertiary alicyclic amines) is 1. The van der Waals surface area contributed by atoms with Gasteiger partial charge in [-0.15, -0.1) is 0 Å². The molecule has 0 amide bonds. The summed E-state index contributed by atoms with van der Waals surface area (Å²) in [6.45, 7) is 3.63. The molecule has 1 aliphatic heterocycles. The van der Waals surface area contributed by atoms with Crippen LogP contribution >= 0.6 is 0 Å². The Morgan fingerprint density at radius 3 is 2.27 bits per heavy atom. The van der Waals surface area contributed by atoms with Crippen molar-refractivity contribution in [3.63, 3.8) is 0 Å². The first kappa shape index (κ1) is 18.8. The Morgan fingerprint density at radius 1 is 0.846 bits per heavy atom. The molecule has 0 aromatic heterocycles. The number of benzene rings is 2. The normalized spacial score (nSPS) is 15.8. The van der Waals surface area contributed by atoms with Crippen LogP contribution in [0, 0.1) is 5.92 Å². The minimum atomic E-state index is 0.860. The Bertz CT molecular complexity index is 660.